The highest BCUT2D eigenvalue weighted by Crippen LogP contribution is 2.14. The predicted molar refractivity (Wildman–Crippen MR) is 71.4 cm³/mol. The molecule has 0 fully saturated rings. The van der Waals surface area contributed by atoms with Crippen LogP contribution in [0.15, 0.2) is 48.8 Å². The lowest BCUT2D eigenvalue weighted by atomic mass is 10.1. The number of rotatable bonds is 3. The molecule has 2 heterocycles. The van der Waals surface area contributed by atoms with Gasteiger partial charge in [-0.2, -0.15) is 0 Å². The first-order chi connectivity index (χ1) is 9.63. The van der Waals surface area contributed by atoms with Crippen LogP contribution in [0.5, 0.6) is 0 Å². The molecule has 0 spiro atoms. The van der Waals surface area contributed by atoms with Crippen LogP contribution in [0.3, 0.4) is 0 Å². The van der Waals surface area contributed by atoms with E-state index < -0.39 is 5.97 Å². The van der Waals surface area contributed by atoms with Crippen LogP contribution in [0.4, 0.5) is 4.39 Å². The van der Waals surface area contributed by atoms with Crippen LogP contribution in [0.1, 0.15) is 21.6 Å². The smallest absolute Gasteiger partial charge is 0.337 e. The summed E-state index contributed by atoms with van der Waals surface area (Å²) >= 11 is 0. The van der Waals surface area contributed by atoms with Crippen LogP contribution in [0.25, 0.3) is 5.65 Å². The quantitative estimate of drug-likeness (QED) is 0.796. The van der Waals surface area contributed by atoms with Gasteiger partial charge in [0.25, 0.3) is 0 Å². The van der Waals surface area contributed by atoms with Crippen molar-refractivity contribution < 1.29 is 14.3 Å². The van der Waals surface area contributed by atoms with Gasteiger partial charge in [0.15, 0.2) is 0 Å². The molecule has 20 heavy (non-hydrogen) atoms. The number of fused-ring (bicyclic) bond motifs is 1. The van der Waals surface area contributed by atoms with E-state index in [0.29, 0.717) is 23.3 Å². The van der Waals surface area contributed by atoms with Crippen molar-refractivity contribution in [2.75, 3.05) is 0 Å². The Bertz CT molecular complexity index is 795. The minimum atomic E-state index is -0.990. The van der Waals surface area contributed by atoms with Gasteiger partial charge in [-0.15, -0.1) is 0 Å². The number of halogens is 1. The maximum Gasteiger partial charge on any atom is 0.337 e. The molecule has 0 radical (unpaired) electrons. The van der Waals surface area contributed by atoms with Crippen molar-refractivity contribution in [3.8, 4) is 0 Å². The highest BCUT2D eigenvalue weighted by Gasteiger charge is 2.08. The number of hydrogen-bond donors (Lipinski definition) is 1. The van der Waals surface area contributed by atoms with Gasteiger partial charge in [-0.1, -0.05) is 18.2 Å². The molecule has 5 heteroatoms. The Morgan fingerprint density at radius 3 is 2.75 bits per heavy atom. The van der Waals surface area contributed by atoms with Crippen LogP contribution >= 0.6 is 0 Å². The summed E-state index contributed by atoms with van der Waals surface area (Å²) in [6.07, 6.45) is 3.58. The second kappa shape index (κ2) is 4.77. The van der Waals surface area contributed by atoms with Gasteiger partial charge in [0, 0.05) is 18.8 Å². The average Bonchev–Trinajstić information content (AvgIpc) is 2.82. The molecule has 0 saturated carbocycles. The number of nitrogens with zero attached hydrogens (tertiary/aromatic N) is 2. The molecule has 0 saturated heterocycles. The molecule has 4 nitrogen and oxygen atoms in total. The van der Waals surface area contributed by atoms with E-state index in [0.717, 1.165) is 0 Å². The molecule has 1 aromatic carbocycles. The van der Waals surface area contributed by atoms with E-state index in [1.807, 2.05) is 0 Å². The van der Waals surface area contributed by atoms with Gasteiger partial charge < -0.3 is 9.51 Å². The first-order valence-electron chi connectivity index (χ1n) is 6.08. The summed E-state index contributed by atoms with van der Waals surface area (Å²) in [6, 6.07) is 9.67. The summed E-state index contributed by atoms with van der Waals surface area (Å²) in [4.78, 5) is 15.3. The minimum absolute atomic E-state index is 0.187. The lowest BCUT2D eigenvalue weighted by molar-refractivity contribution is 0.0696. The molecule has 1 N–H and O–H groups in total. The number of carboxylic acids is 1. The van der Waals surface area contributed by atoms with Gasteiger partial charge in [-0.25, -0.2) is 14.2 Å². The van der Waals surface area contributed by atoms with Gasteiger partial charge in [0.05, 0.1) is 11.3 Å². The largest absolute Gasteiger partial charge is 0.478 e. The zero-order valence-corrected chi connectivity index (χ0v) is 10.5. The number of carboxylic acid groups (broad SMARTS) is 1. The molecule has 3 rings (SSSR count). The van der Waals surface area contributed by atoms with Gasteiger partial charge in [0.2, 0.25) is 0 Å². The number of hydrogen-bond acceptors (Lipinski definition) is 2. The fraction of sp³-hybridized carbons (Fsp3) is 0.0667. The Morgan fingerprint density at radius 1 is 1.20 bits per heavy atom. The molecular formula is C15H11FN2O2. The monoisotopic (exact) mass is 270 g/mol. The Hall–Kier alpha value is -2.69. The summed E-state index contributed by atoms with van der Waals surface area (Å²) in [6.45, 7) is 0. The number of carbonyl (C=O) groups is 1. The molecule has 0 atom stereocenters. The Kier molecular flexibility index (Phi) is 2.95. The standard InChI is InChI=1S/C15H11FN2O2/c16-13-4-2-1-3-10(13)7-12-9-18-8-11(15(19)20)5-6-14(18)17-12/h1-6,8-9H,7H2,(H,19,20). The zero-order valence-electron chi connectivity index (χ0n) is 10.5. The van der Waals surface area contributed by atoms with Crippen molar-refractivity contribution in [2.45, 2.75) is 6.42 Å². The molecule has 0 aliphatic heterocycles. The minimum Gasteiger partial charge on any atom is -0.478 e. The Labute approximate surface area is 114 Å². The third-order valence-corrected chi connectivity index (χ3v) is 3.08. The number of imidazole rings is 1. The van der Waals surface area contributed by atoms with Crippen LogP contribution in [0.2, 0.25) is 0 Å². The van der Waals surface area contributed by atoms with E-state index >= 15 is 0 Å². The van der Waals surface area contributed by atoms with Crippen LogP contribution < -0.4 is 0 Å². The number of benzene rings is 1. The SMILES string of the molecule is O=C(O)c1ccc2nc(Cc3ccccc3F)cn2c1. The maximum absolute atomic E-state index is 13.6. The molecule has 0 aliphatic carbocycles. The number of pyridine rings is 1. The number of aromatic nitrogens is 2. The van der Waals surface area contributed by atoms with Gasteiger partial charge in [-0.05, 0) is 23.8 Å². The Morgan fingerprint density at radius 2 is 2.00 bits per heavy atom. The summed E-state index contributed by atoms with van der Waals surface area (Å²) < 4.78 is 15.2. The highest BCUT2D eigenvalue weighted by atomic mass is 19.1. The van der Waals surface area contributed by atoms with E-state index in [2.05, 4.69) is 4.98 Å². The second-order valence-electron chi connectivity index (χ2n) is 4.49. The molecular weight excluding hydrogens is 259 g/mol. The van der Waals surface area contributed by atoms with E-state index in [4.69, 9.17) is 5.11 Å². The van der Waals surface area contributed by atoms with Crippen molar-refractivity contribution in [2.24, 2.45) is 0 Å². The average molecular weight is 270 g/mol. The van der Waals surface area contributed by atoms with Crippen LogP contribution in [0, 0.1) is 5.82 Å². The summed E-state index contributed by atoms with van der Waals surface area (Å²) in [5.41, 5.74) is 2.08. The van der Waals surface area contributed by atoms with Crippen molar-refractivity contribution >= 4 is 11.6 Å². The van der Waals surface area contributed by atoms with Crippen molar-refractivity contribution in [1.29, 1.82) is 0 Å². The fourth-order valence-corrected chi connectivity index (χ4v) is 2.09. The molecule has 0 unspecified atom stereocenters. The zero-order chi connectivity index (χ0) is 14.1. The highest BCUT2D eigenvalue weighted by molar-refractivity contribution is 5.87. The van der Waals surface area contributed by atoms with Crippen molar-refractivity contribution in [1.82, 2.24) is 9.38 Å². The second-order valence-corrected chi connectivity index (χ2v) is 4.49. The lowest BCUT2D eigenvalue weighted by Gasteiger charge is -1.98. The third-order valence-electron chi connectivity index (χ3n) is 3.08. The summed E-state index contributed by atoms with van der Waals surface area (Å²) in [5, 5.41) is 8.94. The molecule has 2 aromatic heterocycles. The fourth-order valence-electron chi connectivity index (χ4n) is 2.09. The predicted octanol–water partition coefficient (Wildman–Crippen LogP) is 2.76. The van der Waals surface area contributed by atoms with Crippen LogP contribution in [-0.4, -0.2) is 20.5 Å². The van der Waals surface area contributed by atoms with Gasteiger partial charge >= 0.3 is 5.97 Å². The van der Waals surface area contributed by atoms with E-state index in [9.17, 15) is 9.18 Å². The summed E-state index contributed by atoms with van der Waals surface area (Å²) in [7, 11) is 0. The van der Waals surface area contributed by atoms with Crippen molar-refractivity contribution in [3.05, 3.63) is 71.4 Å². The maximum atomic E-state index is 13.6. The first kappa shape index (κ1) is 12.3. The molecule has 0 bridgehead atoms. The van der Waals surface area contributed by atoms with E-state index in [-0.39, 0.29) is 11.4 Å². The first-order valence-corrected chi connectivity index (χ1v) is 6.08. The van der Waals surface area contributed by atoms with Gasteiger partial charge in [0.1, 0.15) is 11.5 Å². The third kappa shape index (κ3) is 2.25. The Balaban J connectivity index is 1.97. The molecule has 0 aliphatic rings. The molecule has 0 amide bonds. The lowest BCUT2D eigenvalue weighted by Crippen LogP contribution is -1.97. The van der Waals surface area contributed by atoms with E-state index in [1.165, 1.54) is 18.3 Å². The van der Waals surface area contributed by atoms with Crippen LogP contribution in [-0.2, 0) is 6.42 Å². The summed E-state index contributed by atoms with van der Waals surface area (Å²) in [5.74, 6) is -1.26. The van der Waals surface area contributed by atoms with Gasteiger partial charge in [-0.3, -0.25) is 0 Å². The topological polar surface area (TPSA) is 54.6 Å². The van der Waals surface area contributed by atoms with Crippen molar-refractivity contribution in [3.63, 3.8) is 0 Å². The normalized spacial score (nSPS) is 10.8. The number of aromatic carboxylic acids is 1. The molecule has 3 aromatic rings. The van der Waals surface area contributed by atoms with E-state index in [1.54, 1.807) is 34.9 Å². The molecule has 100 valence electrons.